The largest absolute Gasteiger partial charge is 0.465 e. The molecule has 0 unspecified atom stereocenters. The van der Waals surface area contributed by atoms with Crippen molar-refractivity contribution in [1.29, 1.82) is 0 Å². The maximum atomic E-state index is 13.3. The van der Waals surface area contributed by atoms with Gasteiger partial charge in [0.05, 0.1) is 12.7 Å². The summed E-state index contributed by atoms with van der Waals surface area (Å²) < 4.78 is 31.1. The number of hydrogen-bond acceptors (Lipinski definition) is 4. The number of esters is 1. The molecule has 1 atom stereocenters. The van der Waals surface area contributed by atoms with Gasteiger partial charge in [-0.05, 0) is 44.5 Å². The van der Waals surface area contributed by atoms with Crippen molar-refractivity contribution in [2.75, 3.05) is 19.0 Å². The fourth-order valence-electron chi connectivity index (χ4n) is 2.46. The zero-order valence-electron chi connectivity index (χ0n) is 15.0. The van der Waals surface area contributed by atoms with E-state index in [9.17, 15) is 18.4 Å². The number of ether oxygens (including phenoxy) is 1. The molecule has 1 aromatic heterocycles. The van der Waals surface area contributed by atoms with Crippen molar-refractivity contribution in [3.05, 3.63) is 51.4 Å². The van der Waals surface area contributed by atoms with E-state index in [-0.39, 0.29) is 18.5 Å². The van der Waals surface area contributed by atoms with Crippen molar-refractivity contribution in [2.45, 2.75) is 26.8 Å². The minimum atomic E-state index is -0.917. The first kappa shape index (κ1) is 20.0. The molecule has 0 aliphatic carbocycles. The number of hydrogen-bond donors (Lipinski definition) is 2. The number of benzene rings is 1. The summed E-state index contributed by atoms with van der Waals surface area (Å²) in [7, 11) is 1.29. The first-order valence-electron chi connectivity index (χ1n) is 8.01. The van der Waals surface area contributed by atoms with E-state index in [2.05, 4.69) is 5.32 Å². The summed E-state index contributed by atoms with van der Waals surface area (Å²) in [5.41, 5.74) is 1.71. The van der Waals surface area contributed by atoms with Crippen molar-refractivity contribution in [3.8, 4) is 0 Å². The topological polar surface area (TPSA) is 72.0 Å². The second-order valence-electron chi connectivity index (χ2n) is 5.93. The number of nitrogens with two attached hydrogens (primary N) is 1. The Labute approximate surface area is 154 Å². The SMILES string of the molecule is COC(=O)c1c(NC(=O)C[NH2+][C@@H](C)c2ccc(F)c(F)c2)sc(C)c1C. The van der Waals surface area contributed by atoms with Gasteiger partial charge in [0.15, 0.2) is 18.2 Å². The molecule has 3 N–H and O–H groups in total. The average Bonchev–Trinajstić information content (AvgIpc) is 2.88. The summed E-state index contributed by atoms with van der Waals surface area (Å²) in [5.74, 6) is -2.62. The van der Waals surface area contributed by atoms with Crippen LogP contribution in [0.15, 0.2) is 18.2 Å². The van der Waals surface area contributed by atoms with E-state index in [1.54, 1.807) is 19.2 Å². The molecule has 0 bridgehead atoms. The van der Waals surface area contributed by atoms with E-state index < -0.39 is 17.6 Å². The fraction of sp³-hybridized carbons (Fsp3) is 0.333. The molecule has 0 spiro atoms. The molecule has 0 aliphatic rings. The summed E-state index contributed by atoms with van der Waals surface area (Å²) in [6.07, 6.45) is 0. The number of methoxy groups -OCH3 is 1. The van der Waals surface area contributed by atoms with Crippen molar-refractivity contribution < 1.29 is 28.4 Å². The lowest BCUT2D eigenvalue weighted by atomic mass is 10.1. The predicted molar refractivity (Wildman–Crippen MR) is 95.3 cm³/mol. The highest BCUT2D eigenvalue weighted by Gasteiger charge is 2.22. The molecular weight excluding hydrogens is 362 g/mol. The van der Waals surface area contributed by atoms with Gasteiger partial charge < -0.3 is 15.4 Å². The molecule has 1 heterocycles. The van der Waals surface area contributed by atoms with Crippen LogP contribution in [-0.4, -0.2) is 25.5 Å². The third-order valence-corrected chi connectivity index (χ3v) is 5.28. The average molecular weight is 383 g/mol. The summed E-state index contributed by atoms with van der Waals surface area (Å²) in [6.45, 7) is 5.51. The number of aryl methyl sites for hydroxylation is 1. The van der Waals surface area contributed by atoms with Gasteiger partial charge in [-0.25, -0.2) is 13.6 Å². The molecule has 0 fully saturated rings. The molecule has 140 valence electrons. The minimum Gasteiger partial charge on any atom is -0.465 e. The van der Waals surface area contributed by atoms with Crippen molar-refractivity contribution in [3.63, 3.8) is 0 Å². The molecular formula is C18H21F2N2O3S+. The number of carbonyl (C=O) groups is 2. The number of amides is 1. The smallest absolute Gasteiger partial charge is 0.341 e. The number of anilines is 1. The maximum Gasteiger partial charge on any atom is 0.341 e. The van der Waals surface area contributed by atoms with Crippen LogP contribution in [-0.2, 0) is 9.53 Å². The molecule has 26 heavy (non-hydrogen) atoms. The highest BCUT2D eigenvalue weighted by Crippen LogP contribution is 2.32. The van der Waals surface area contributed by atoms with E-state index in [1.807, 2.05) is 6.92 Å². The van der Waals surface area contributed by atoms with Crippen molar-refractivity contribution >= 4 is 28.2 Å². The maximum absolute atomic E-state index is 13.3. The Kier molecular flexibility index (Phi) is 6.44. The molecule has 2 rings (SSSR count). The number of nitrogens with one attached hydrogen (secondary N) is 1. The van der Waals surface area contributed by atoms with Crippen LogP contribution in [0.1, 0.15) is 39.3 Å². The van der Waals surface area contributed by atoms with Crippen LogP contribution >= 0.6 is 11.3 Å². The van der Waals surface area contributed by atoms with E-state index in [4.69, 9.17) is 4.74 Å². The quantitative estimate of drug-likeness (QED) is 0.754. The lowest BCUT2D eigenvalue weighted by molar-refractivity contribution is -0.682. The Morgan fingerprint density at radius 2 is 1.96 bits per heavy atom. The van der Waals surface area contributed by atoms with Gasteiger partial charge in [0.1, 0.15) is 11.0 Å². The van der Waals surface area contributed by atoms with Gasteiger partial charge >= 0.3 is 5.97 Å². The number of halogens is 2. The third-order valence-electron chi connectivity index (χ3n) is 4.15. The molecule has 0 aliphatic heterocycles. The number of thiophene rings is 1. The summed E-state index contributed by atoms with van der Waals surface area (Å²) in [5, 5.41) is 4.88. The normalized spacial score (nSPS) is 11.9. The summed E-state index contributed by atoms with van der Waals surface area (Å²) >= 11 is 1.31. The lowest BCUT2D eigenvalue weighted by Crippen LogP contribution is -2.86. The second-order valence-corrected chi connectivity index (χ2v) is 7.15. The van der Waals surface area contributed by atoms with E-state index in [0.29, 0.717) is 16.1 Å². The monoisotopic (exact) mass is 383 g/mol. The van der Waals surface area contributed by atoms with Crippen molar-refractivity contribution in [1.82, 2.24) is 0 Å². The molecule has 0 saturated heterocycles. The van der Waals surface area contributed by atoms with Gasteiger partial charge in [-0.2, -0.15) is 0 Å². The van der Waals surface area contributed by atoms with Crippen LogP contribution in [0.2, 0.25) is 0 Å². The zero-order valence-corrected chi connectivity index (χ0v) is 15.8. The van der Waals surface area contributed by atoms with E-state index >= 15 is 0 Å². The first-order valence-corrected chi connectivity index (χ1v) is 8.82. The Morgan fingerprint density at radius 1 is 1.27 bits per heavy atom. The molecule has 1 amide bonds. The van der Waals surface area contributed by atoms with Gasteiger partial charge in [-0.3, -0.25) is 4.79 Å². The van der Waals surface area contributed by atoms with Crippen molar-refractivity contribution in [2.24, 2.45) is 0 Å². The van der Waals surface area contributed by atoms with Gasteiger partial charge in [-0.1, -0.05) is 0 Å². The highest BCUT2D eigenvalue weighted by atomic mass is 32.1. The van der Waals surface area contributed by atoms with E-state index in [0.717, 1.165) is 22.6 Å². The number of carbonyl (C=O) groups excluding carboxylic acids is 2. The van der Waals surface area contributed by atoms with Gasteiger partial charge in [0.2, 0.25) is 0 Å². The number of rotatable bonds is 6. The van der Waals surface area contributed by atoms with Gasteiger partial charge in [0.25, 0.3) is 5.91 Å². The standard InChI is InChI=1S/C18H20F2N2O3S/c1-9-11(3)26-17(16(9)18(24)25-4)22-15(23)8-21-10(2)12-5-6-13(19)14(20)7-12/h5-7,10,21H,8H2,1-4H3,(H,22,23)/p+1/t10-/m0/s1. The second kappa shape index (κ2) is 8.37. The minimum absolute atomic E-state index is 0.0662. The molecule has 8 heteroatoms. The van der Waals surface area contributed by atoms with Crippen LogP contribution in [0, 0.1) is 25.5 Å². The van der Waals surface area contributed by atoms with E-state index in [1.165, 1.54) is 24.5 Å². The molecule has 0 radical (unpaired) electrons. The molecule has 5 nitrogen and oxygen atoms in total. The van der Waals surface area contributed by atoms with Gasteiger partial charge in [0, 0.05) is 10.4 Å². The Bertz CT molecular complexity index is 836. The van der Waals surface area contributed by atoms with Crippen LogP contribution in [0.3, 0.4) is 0 Å². The lowest BCUT2D eigenvalue weighted by Gasteiger charge is -2.11. The number of quaternary nitrogens is 1. The van der Waals surface area contributed by atoms with Crippen LogP contribution in [0.5, 0.6) is 0 Å². The summed E-state index contributed by atoms with van der Waals surface area (Å²) in [6, 6.07) is 3.44. The van der Waals surface area contributed by atoms with Crippen LogP contribution in [0.4, 0.5) is 13.8 Å². The fourth-order valence-corrected chi connectivity index (χ4v) is 3.52. The molecule has 1 aromatic carbocycles. The molecule has 2 aromatic rings. The zero-order chi connectivity index (χ0) is 19.4. The predicted octanol–water partition coefficient (Wildman–Crippen LogP) is 2.69. The third kappa shape index (κ3) is 4.44. The van der Waals surface area contributed by atoms with Crippen LogP contribution < -0.4 is 10.6 Å². The summed E-state index contributed by atoms with van der Waals surface area (Å²) in [4.78, 5) is 25.1. The van der Waals surface area contributed by atoms with Gasteiger partial charge in [-0.15, -0.1) is 11.3 Å². The Hall–Kier alpha value is -2.32. The Morgan fingerprint density at radius 3 is 2.58 bits per heavy atom. The highest BCUT2D eigenvalue weighted by molar-refractivity contribution is 7.16. The first-order chi connectivity index (χ1) is 12.2. The van der Waals surface area contributed by atoms with Crippen LogP contribution in [0.25, 0.3) is 0 Å². The molecule has 0 saturated carbocycles. The Balaban J connectivity index is 2.02.